The Balaban J connectivity index is 2.61. The van der Waals surface area contributed by atoms with E-state index in [9.17, 15) is 4.79 Å². The number of carbonyl (C=O) groups excluding carboxylic acids is 1. The van der Waals surface area contributed by atoms with Crippen molar-refractivity contribution in [2.45, 2.75) is 25.8 Å². The van der Waals surface area contributed by atoms with Crippen LogP contribution in [-0.2, 0) is 11.2 Å². The number of amides is 1. The molecule has 0 aliphatic rings. The summed E-state index contributed by atoms with van der Waals surface area (Å²) in [7, 11) is 0. The molecule has 3 heteroatoms. The van der Waals surface area contributed by atoms with Crippen LogP contribution < -0.4 is 5.73 Å². The van der Waals surface area contributed by atoms with Crippen molar-refractivity contribution >= 4 is 5.91 Å². The highest BCUT2D eigenvalue weighted by Crippen LogP contribution is 2.05. The molecule has 2 N–H and O–H groups in total. The number of hydrogen-bond acceptors (Lipinski definition) is 2. The molecule has 0 heterocycles. The van der Waals surface area contributed by atoms with Crippen molar-refractivity contribution in [2.24, 2.45) is 5.73 Å². The molecule has 1 aromatic carbocycles. The van der Waals surface area contributed by atoms with Gasteiger partial charge in [-0.1, -0.05) is 43.3 Å². The second-order valence-corrected chi connectivity index (χ2v) is 4.37. The molecular weight excluding hydrogens is 224 g/mol. The lowest BCUT2D eigenvalue weighted by atomic mass is 10.1. The first-order chi connectivity index (χ1) is 8.69. The van der Waals surface area contributed by atoms with Crippen molar-refractivity contribution in [2.75, 3.05) is 13.1 Å². The monoisotopic (exact) mass is 246 g/mol. The van der Waals surface area contributed by atoms with Crippen LogP contribution in [0, 0.1) is 0 Å². The standard InChI is InChI=1S/C15H22N2O/c1-3-10-17(11-4-2)15(18)14(16)12-13-8-6-5-7-9-13/h3,5-9,14H,1,4,10-12,16H2,2H3/t14-/m0/s1. The van der Waals surface area contributed by atoms with Gasteiger partial charge < -0.3 is 10.6 Å². The molecular formula is C15H22N2O. The van der Waals surface area contributed by atoms with E-state index in [4.69, 9.17) is 5.73 Å². The summed E-state index contributed by atoms with van der Waals surface area (Å²) in [6, 6.07) is 9.38. The van der Waals surface area contributed by atoms with Crippen molar-refractivity contribution in [3.63, 3.8) is 0 Å². The average Bonchev–Trinajstić information content (AvgIpc) is 2.39. The molecule has 1 amide bonds. The van der Waals surface area contributed by atoms with Gasteiger partial charge in [0.1, 0.15) is 0 Å². The van der Waals surface area contributed by atoms with Gasteiger partial charge in [-0.25, -0.2) is 0 Å². The predicted octanol–water partition coefficient (Wildman–Crippen LogP) is 1.98. The molecule has 1 atom stereocenters. The lowest BCUT2D eigenvalue weighted by Crippen LogP contribution is -2.45. The maximum Gasteiger partial charge on any atom is 0.240 e. The molecule has 0 saturated carbocycles. The summed E-state index contributed by atoms with van der Waals surface area (Å²) >= 11 is 0. The molecule has 0 aromatic heterocycles. The highest BCUT2D eigenvalue weighted by atomic mass is 16.2. The summed E-state index contributed by atoms with van der Waals surface area (Å²) in [5, 5.41) is 0. The molecule has 18 heavy (non-hydrogen) atoms. The van der Waals surface area contributed by atoms with Crippen molar-refractivity contribution < 1.29 is 4.79 Å². The quantitative estimate of drug-likeness (QED) is 0.748. The van der Waals surface area contributed by atoms with Crippen LogP contribution >= 0.6 is 0 Å². The second kappa shape index (κ2) is 7.67. The van der Waals surface area contributed by atoms with E-state index in [2.05, 4.69) is 6.58 Å². The fourth-order valence-corrected chi connectivity index (χ4v) is 1.91. The third kappa shape index (κ3) is 4.34. The molecule has 98 valence electrons. The van der Waals surface area contributed by atoms with Crippen LogP contribution in [0.15, 0.2) is 43.0 Å². The van der Waals surface area contributed by atoms with Gasteiger partial charge in [0, 0.05) is 13.1 Å². The molecule has 0 saturated heterocycles. The summed E-state index contributed by atoms with van der Waals surface area (Å²) in [5.74, 6) is 0.000558. The van der Waals surface area contributed by atoms with Crippen LogP contribution in [0.2, 0.25) is 0 Å². The zero-order valence-electron chi connectivity index (χ0n) is 11.0. The highest BCUT2D eigenvalue weighted by molar-refractivity contribution is 5.82. The van der Waals surface area contributed by atoms with E-state index >= 15 is 0 Å². The Hall–Kier alpha value is -1.61. The lowest BCUT2D eigenvalue weighted by molar-refractivity contribution is -0.132. The van der Waals surface area contributed by atoms with E-state index < -0.39 is 6.04 Å². The average molecular weight is 246 g/mol. The maximum absolute atomic E-state index is 12.2. The Morgan fingerprint density at radius 3 is 2.67 bits per heavy atom. The van der Waals surface area contributed by atoms with E-state index in [1.807, 2.05) is 37.3 Å². The minimum atomic E-state index is -0.473. The molecule has 0 aliphatic heterocycles. The van der Waals surface area contributed by atoms with E-state index in [0.717, 1.165) is 18.5 Å². The Labute approximate surface area is 109 Å². The van der Waals surface area contributed by atoms with Gasteiger partial charge in [-0.15, -0.1) is 6.58 Å². The summed E-state index contributed by atoms with van der Waals surface area (Å²) in [5.41, 5.74) is 7.08. The van der Waals surface area contributed by atoms with Gasteiger partial charge in [-0.3, -0.25) is 4.79 Å². The Morgan fingerprint density at radius 1 is 1.44 bits per heavy atom. The molecule has 1 rings (SSSR count). The first-order valence-electron chi connectivity index (χ1n) is 6.38. The minimum Gasteiger partial charge on any atom is -0.338 e. The summed E-state index contributed by atoms with van der Waals surface area (Å²) < 4.78 is 0. The molecule has 0 aliphatic carbocycles. The van der Waals surface area contributed by atoms with Gasteiger partial charge in [-0.05, 0) is 18.4 Å². The molecule has 0 fully saturated rings. The number of benzene rings is 1. The molecule has 1 aromatic rings. The van der Waals surface area contributed by atoms with Gasteiger partial charge in [0.05, 0.1) is 6.04 Å². The van der Waals surface area contributed by atoms with Crippen LogP contribution in [-0.4, -0.2) is 29.9 Å². The van der Waals surface area contributed by atoms with Crippen molar-refractivity contribution in [3.8, 4) is 0 Å². The largest absolute Gasteiger partial charge is 0.338 e. The lowest BCUT2D eigenvalue weighted by Gasteiger charge is -2.24. The molecule has 0 spiro atoms. The van der Waals surface area contributed by atoms with Crippen LogP contribution in [0.3, 0.4) is 0 Å². The molecule has 0 bridgehead atoms. The minimum absolute atomic E-state index is 0.000558. The summed E-state index contributed by atoms with van der Waals surface area (Å²) in [4.78, 5) is 13.9. The van der Waals surface area contributed by atoms with Gasteiger partial charge >= 0.3 is 0 Å². The van der Waals surface area contributed by atoms with Crippen LogP contribution in [0.4, 0.5) is 0 Å². The number of carbonyl (C=O) groups is 1. The molecule has 0 unspecified atom stereocenters. The van der Waals surface area contributed by atoms with E-state index in [-0.39, 0.29) is 5.91 Å². The smallest absolute Gasteiger partial charge is 0.240 e. The zero-order chi connectivity index (χ0) is 13.4. The van der Waals surface area contributed by atoms with Crippen molar-refractivity contribution in [1.82, 2.24) is 4.90 Å². The first kappa shape index (κ1) is 14.5. The first-order valence-corrected chi connectivity index (χ1v) is 6.38. The normalized spacial score (nSPS) is 11.9. The van der Waals surface area contributed by atoms with Gasteiger partial charge in [0.2, 0.25) is 5.91 Å². The summed E-state index contributed by atoms with van der Waals surface area (Å²) in [6.07, 6.45) is 3.25. The summed E-state index contributed by atoms with van der Waals surface area (Å²) in [6.45, 7) is 7.02. The maximum atomic E-state index is 12.2. The zero-order valence-corrected chi connectivity index (χ0v) is 11.0. The Bertz CT molecular complexity index is 375. The molecule has 3 nitrogen and oxygen atoms in total. The van der Waals surface area contributed by atoms with E-state index in [1.54, 1.807) is 11.0 Å². The predicted molar refractivity (Wildman–Crippen MR) is 75.2 cm³/mol. The third-order valence-electron chi connectivity index (χ3n) is 2.77. The number of rotatable bonds is 7. The van der Waals surface area contributed by atoms with Gasteiger partial charge in [-0.2, -0.15) is 0 Å². The molecule has 0 radical (unpaired) electrons. The highest BCUT2D eigenvalue weighted by Gasteiger charge is 2.19. The second-order valence-electron chi connectivity index (χ2n) is 4.37. The van der Waals surface area contributed by atoms with Crippen molar-refractivity contribution in [1.29, 1.82) is 0 Å². The van der Waals surface area contributed by atoms with Crippen LogP contribution in [0.1, 0.15) is 18.9 Å². The number of nitrogens with zero attached hydrogens (tertiary/aromatic N) is 1. The van der Waals surface area contributed by atoms with Gasteiger partial charge in [0.25, 0.3) is 0 Å². The third-order valence-corrected chi connectivity index (χ3v) is 2.77. The SMILES string of the molecule is C=CCN(CCC)C(=O)[C@@H](N)Cc1ccccc1. The van der Waals surface area contributed by atoms with E-state index in [0.29, 0.717) is 13.0 Å². The Kier molecular flexibility index (Phi) is 6.15. The van der Waals surface area contributed by atoms with Crippen LogP contribution in [0.25, 0.3) is 0 Å². The van der Waals surface area contributed by atoms with Crippen LogP contribution in [0.5, 0.6) is 0 Å². The van der Waals surface area contributed by atoms with Gasteiger partial charge in [0.15, 0.2) is 0 Å². The fraction of sp³-hybridized carbons (Fsp3) is 0.400. The number of nitrogens with two attached hydrogens (primary N) is 1. The van der Waals surface area contributed by atoms with E-state index in [1.165, 1.54) is 0 Å². The topological polar surface area (TPSA) is 46.3 Å². The Morgan fingerprint density at radius 2 is 2.11 bits per heavy atom. The fourth-order valence-electron chi connectivity index (χ4n) is 1.91. The van der Waals surface area contributed by atoms with Crippen molar-refractivity contribution in [3.05, 3.63) is 48.6 Å². The number of hydrogen-bond donors (Lipinski definition) is 1.